The van der Waals surface area contributed by atoms with Gasteiger partial charge in [0.1, 0.15) is 5.76 Å². The van der Waals surface area contributed by atoms with E-state index >= 15 is 0 Å². The molecule has 0 radical (unpaired) electrons. The van der Waals surface area contributed by atoms with Crippen molar-refractivity contribution >= 4 is 28.4 Å². The van der Waals surface area contributed by atoms with E-state index in [4.69, 9.17) is 4.42 Å². The second-order valence-electron chi connectivity index (χ2n) is 6.12. The van der Waals surface area contributed by atoms with E-state index in [1.54, 1.807) is 0 Å². The maximum Gasteiger partial charge on any atom is 0.256 e. The van der Waals surface area contributed by atoms with Crippen LogP contribution in [-0.4, -0.2) is 21.5 Å². The van der Waals surface area contributed by atoms with Crippen LogP contribution in [0.3, 0.4) is 0 Å². The summed E-state index contributed by atoms with van der Waals surface area (Å²) in [5, 5.41) is 1.48. The Morgan fingerprint density at radius 2 is 1.81 bits per heavy atom. The summed E-state index contributed by atoms with van der Waals surface area (Å²) >= 11 is 1.33. The van der Waals surface area contributed by atoms with E-state index in [0.717, 1.165) is 39.2 Å². The predicted octanol–water partition coefficient (Wildman–Crippen LogP) is 5.41. The summed E-state index contributed by atoms with van der Waals surface area (Å²) in [5.41, 5.74) is 4.40. The molecule has 2 aromatic carbocycles. The van der Waals surface area contributed by atoms with Crippen LogP contribution in [0.2, 0.25) is 0 Å². The summed E-state index contributed by atoms with van der Waals surface area (Å²) in [5.74, 6) is 1.12. The zero-order valence-electron chi connectivity index (χ0n) is 14.6. The molecule has 26 heavy (non-hydrogen) atoms. The molecule has 0 saturated heterocycles. The lowest BCUT2D eigenvalue weighted by atomic mass is 10.0. The molecule has 2 heterocycles. The number of aromatic nitrogens is 2. The first-order chi connectivity index (χ1) is 12.6. The van der Waals surface area contributed by atoms with Gasteiger partial charge in [-0.15, -0.1) is 0 Å². The molecular formula is C21H18N2O2S. The van der Waals surface area contributed by atoms with E-state index in [9.17, 15) is 4.79 Å². The van der Waals surface area contributed by atoms with Gasteiger partial charge in [-0.25, -0.2) is 4.98 Å². The van der Waals surface area contributed by atoms with Crippen molar-refractivity contribution in [2.24, 2.45) is 0 Å². The zero-order valence-corrected chi connectivity index (χ0v) is 15.4. The minimum Gasteiger partial charge on any atom is -0.437 e. The molecule has 4 aromatic rings. The average molecular weight is 362 g/mol. The molecule has 0 spiro atoms. The van der Waals surface area contributed by atoms with Crippen LogP contribution in [0.1, 0.15) is 21.8 Å². The fraction of sp³-hybridized carbons (Fsp3) is 0.143. The number of benzene rings is 2. The van der Waals surface area contributed by atoms with Gasteiger partial charge in [0.25, 0.3) is 5.22 Å². The van der Waals surface area contributed by atoms with Gasteiger partial charge < -0.3 is 9.40 Å². The molecule has 4 rings (SSSR count). The van der Waals surface area contributed by atoms with Gasteiger partial charge in [-0.2, -0.15) is 0 Å². The van der Waals surface area contributed by atoms with Crippen LogP contribution < -0.4 is 0 Å². The molecule has 4 nitrogen and oxygen atoms in total. The number of ketones is 1. The molecule has 1 N–H and O–H groups in total. The number of hydrogen-bond donors (Lipinski definition) is 1. The monoisotopic (exact) mass is 362 g/mol. The molecule has 0 amide bonds. The number of H-pyrrole nitrogens is 1. The number of thioether (sulfide) groups is 1. The molecule has 5 heteroatoms. The van der Waals surface area contributed by atoms with Crippen LogP contribution in [0.5, 0.6) is 0 Å². The first kappa shape index (κ1) is 16.7. The lowest BCUT2D eigenvalue weighted by molar-refractivity contribution is 0.102. The highest BCUT2D eigenvalue weighted by Gasteiger charge is 2.20. The molecule has 130 valence electrons. The van der Waals surface area contributed by atoms with Gasteiger partial charge in [0.15, 0.2) is 5.78 Å². The largest absolute Gasteiger partial charge is 0.437 e. The maximum atomic E-state index is 13.1. The normalized spacial score (nSPS) is 11.2. The number of oxazole rings is 1. The molecule has 0 aliphatic carbocycles. The quantitative estimate of drug-likeness (QED) is 0.381. The van der Waals surface area contributed by atoms with Crippen LogP contribution in [0.4, 0.5) is 0 Å². The van der Waals surface area contributed by atoms with Gasteiger partial charge in [0, 0.05) is 10.9 Å². The Balaban J connectivity index is 1.71. The fourth-order valence-corrected chi connectivity index (χ4v) is 3.74. The summed E-state index contributed by atoms with van der Waals surface area (Å²) < 4.78 is 5.58. The van der Waals surface area contributed by atoms with Gasteiger partial charge in [-0.05, 0) is 25.5 Å². The maximum absolute atomic E-state index is 13.1. The smallest absolute Gasteiger partial charge is 0.256 e. The second kappa shape index (κ2) is 6.84. The Kier molecular flexibility index (Phi) is 4.39. The molecule has 0 aliphatic rings. The number of rotatable bonds is 5. The Hall–Kier alpha value is -2.79. The van der Waals surface area contributed by atoms with Gasteiger partial charge in [0.2, 0.25) is 0 Å². The Bertz CT molecular complexity index is 1060. The third-order valence-electron chi connectivity index (χ3n) is 4.38. The van der Waals surface area contributed by atoms with Gasteiger partial charge >= 0.3 is 0 Å². The van der Waals surface area contributed by atoms with Crippen molar-refractivity contribution in [1.29, 1.82) is 0 Å². The number of hydrogen-bond acceptors (Lipinski definition) is 4. The van der Waals surface area contributed by atoms with E-state index in [0.29, 0.717) is 5.22 Å². The molecule has 0 aliphatic heterocycles. The summed E-state index contributed by atoms with van der Waals surface area (Å²) in [6.45, 7) is 3.78. The topological polar surface area (TPSA) is 58.9 Å². The number of para-hydroxylation sites is 1. The second-order valence-corrected chi connectivity index (χ2v) is 7.05. The number of carbonyl (C=O) groups is 1. The Labute approximate surface area is 155 Å². The number of carbonyl (C=O) groups excluding carboxylic acids is 1. The van der Waals surface area contributed by atoms with Crippen molar-refractivity contribution in [3.05, 3.63) is 71.6 Å². The predicted molar refractivity (Wildman–Crippen MR) is 105 cm³/mol. The summed E-state index contributed by atoms with van der Waals surface area (Å²) in [6, 6.07) is 17.8. The van der Waals surface area contributed by atoms with Crippen LogP contribution >= 0.6 is 11.8 Å². The third kappa shape index (κ3) is 3.06. The highest BCUT2D eigenvalue weighted by molar-refractivity contribution is 7.99. The van der Waals surface area contributed by atoms with Crippen molar-refractivity contribution in [2.45, 2.75) is 19.1 Å². The number of aromatic amines is 1. The van der Waals surface area contributed by atoms with Crippen molar-refractivity contribution in [1.82, 2.24) is 9.97 Å². The van der Waals surface area contributed by atoms with E-state index in [1.807, 2.05) is 68.4 Å². The number of Topliss-reactive ketones (excluding diaryl/α,β-unsaturated/α-hetero) is 1. The fourth-order valence-electron chi connectivity index (χ4n) is 2.96. The Morgan fingerprint density at radius 3 is 2.54 bits per heavy atom. The van der Waals surface area contributed by atoms with E-state index < -0.39 is 0 Å². The molecule has 2 aromatic heterocycles. The summed E-state index contributed by atoms with van der Waals surface area (Å²) in [4.78, 5) is 20.8. The van der Waals surface area contributed by atoms with Gasteiger partial charge in [-0.1, -0.05) is 60.3 Å². The SMILES string of the molecule is Cc1nc(SCC(=O)c2c(-c3ccccc3)[nH]c3ccccc23)oc1C. The summed E-state index contributed by atoms with van der Waals surface area (Å²) in [7, 11) is 0. The van der Waals surface area contributed by atoms with Crippen molar-refractivity contribution in [3.8, 4) is 11.3 Å². The van der Waals surface area contributed by atoms with E-state index in [2.05, 4.69) is 9.97 Å². The number of nitrogens with zero attached hydrogens (tertiary/aromatic N) is 1. The number of nitrogens with one attached hydrogen (secondary N) is 1. The average Bonchev–Trinajstić information content (AvgIpc) is 3.20. The molecule has 0 unspecified atom stereocenters. The number of fused-ring (bicyclic) bond motifs is 1. The first-order valence-corrected chi connectivity index (χ1v) is 9.38. The molecule has 0 fully saturated rings. The lowest BCUT2D eigenvalue weighted by Gasteiger charge is -2.04. The minimum absolute atomic E-state index is 0.0554. The van der Waals surface area contributed by atoms with Crippen LogP contribution in [0, 0.1) is 13.8 Å². The molecular weight excluding hydrogens is 344 g/mol. The lowest BCUT2D eigenvalue weighted by Crippen LogP contribution is -2.03. The third-order valence-corrected chi connectivity index (χ3v) is 5.21. The first-order valence-electron chi connectivity index (χ1n) is 8.39. The highest BCUT2D eigenvalue weighted by atomic mass is 32.2. The number of aryl methyl sites for hydroxylation is 2. The van der Waals surface area contributed by atoms with Crippen LogP contribution in [-0.2, 0) is 0 Å². The van der Waals surface area contributed by atoms with E-state index in [1.165, 1.54) is 11.8 Å². The zero-order chi connectivity index (χ0) is 18.1. The Morgan fingerprint density at radius 1 is 1.08 bits per heavy atom. The van der Waals surface area contributed by atoms with Gasteiger partial charge in [-0.3, -0.25) is 4.79 Å². The van der Waals surface area contributed by atoms with Crippen molar-refractivity contribution in [2.75, 3.05) is 5.75 Å². The van der Waals surface area contributed by atoms with Crippen LogP contribution in [0.25, 0.3) is 22.2 Å². The molecule has 0 atom stereocenters. The van der Waals surface area contributed by atoms with Crippen molar-refractivity contribution < 1.29 is 9.21 Å². The molecule has 0 bridgehead atoms. The highest BCUT2D eigenvalue weighted by Crippen LogP contribution is 2.32. The van der Waals surface area contributed by atoms with Crippen LogP contribution in [0.15, 0.2) is 64.2 Å². The molecule has 0 saturated carbocycles. The van der Waals surface area contributed by atoms with E-state index in [-0.39, 0.29) is 11.5 Å². The minimum atomic E-state index is 0.0554. The standard InChI is InChI=1S/C21H18N2O2S/c1-13-14(2)25-21(22-13)26-12-18(24)19-16-10-6-7-11-17(16)23-20(19)15-8-4-3-5-9-15/h3-11,23H,12H2,1-2H3. The van der Waals surface area contributed by atoms with Gasteiger partial charge in [0.05, 0.1) is 22.7 Å². The summed E-state index contributed by atoms with van der Waals surface area (Å²) in [6.07, 6.45) is 0. The van der Waals surface area contributed by atoms with Crippen molar-refractivity contribution in [3.63, 3.8) is 0 Å².